The first-order valence-corrected chi connectivity index (χ1v) is 8.30. The van der Waals surface area contributed by atoms with E-state index in [1.165, 1.54) is 5.56 Å². The van der Waals surface area contributed by atoms with Gasteiger partial charge in [0.15, 0.2) is 6.10 Å². The Labute approximate surface area is 134 Å². The maximum atomic E-state index is 12.4. The van der Waals surface area contributed by atoms with Gasteiger partial charge in [-0.05, 0) is 48.1 Å². The first-order chi connectivity index (χ1) is 10.6. The molecule has 5 heteroatoms. The Morgan fingerprint density at radius 3 is 2.91 bits per heavy atom. The molecule has 0 unspecified atom stereocenters. The molecule has 1 aromatic heterocycles. The van der Waals surface area contributed by atoms with E-state index in [0.717, 1.165) is 11.3 Å². The number of likely N-dealkylation sites (N-methyl/N-ethyl adjacent to an activating group) is 1. The van der Waals surface area contributed by atoms with Gasteiger partial charge in [-0.2, -0.15) is 11.3 Å². The molecule has 4 nitrogen and oxygen atoms in total. The van der Waals surface area contributed by atoms with Crippen LogP contribution in [0.2, 0.25) is 0 Å². The van der Waals surface area contributed by atoms with Crippen LogP contribution in [0.15, 0.2) is 41.1 Å². The quantitative estimate of drug-likeness (QED) is 0.921. The lowest BCUT2D eigenvalue weighted by atomic mass is 10.1. The minimum atomic E-state index is -0.414. The number of para-hydroxylation sites is 1. The van der Waals surface area contributed by atoms with Crippen LogP contribution in [0.25, 0.3) is 0 Å². The van der Waals surface area contributed by atoms with Crippen LogP contribution in [0.3, 0.4) is 0 Å². The Morgan fingerprint density at radius 1 is 1.41 bits per heavy atom. The molecule has 0 radical (unpaired) electrons. The molecule has 1 amide bonds. The van der Waals surface area contributed by atoms with Gasteiger partial charge in [-0.1, -0.05) is 18.2 Å². The number of fused-ring (bicyclic) bond motifs is 1. The third-order valence-corrected chi connectivity index (χ3v) is 4.66. The number of hydrogen-bond acceptors (Lipinski definition) is 4. The normalized spacial score (nSPS) is 17.9. The number of carbonyl (C=O) groups excluding carboxylic acids is 1. The summed E-state index contributed by atoms with van der Waals surface area (Å²) < 4.78 is 5.73. The van der Waals surface area contributed by atoms with Gasteiger partial charge in [0.25, 0.3) is 5.91 Å². The number of carbonyl (C=O) groups is 1. The van der Waals surface area contributed by atoms with E-state index in [1.54, 1.807) is 11.3 Å². The zero-order valence-electron chi connectivity index (χ0n) is 12.8. The number of benzene rings is 1. The minimum Gasteiger partial charge on any atom is -0.480 e. The molecular weight excluding hydrogens is 296 g/mol. The number of nitrogens with zero attached hydrogens (tertiary/aromatic N) is 1. The lowest BCUT2D eigenvalue weighted by Crippen LogP contribution is -2.41. The van der Waals surface area contributed by atoms with Crippen molar-refractivity contribution in [2.24, 2.45) is 0 Å². The Balaban J connectivity index is 1.59. The summed E-state index contributed by atoms with van der Waals surface area (Å²) in [5.74, 6) is 0.780. The average molecular weight is 316 g/mol. The fourth-order valence-electron chi connectivity index (χ4n) is 2.70. The van der Waals surface area contributed by atoms with Gasteiger partial charge < -0.3 is 15.0 Å². The summed E-state index contributed by atoms with van der Waals surface area (Å²) in [5, 5.41) is 7.21. The van der Waals surface area contributed by atoms with E-state index < -0.39 is 6.10 Å². The summed E-state index contributed by atoms with van der Waals surface area (Å²) in [7, 11) is 4.05. The summed E-state index contributed by atoms with van der Waals surface area (Å²) in [6, 6.07) is 10.1. The van der Waals surface area contributed by atoms with Crippen LogP contribution in [0.4, 0.5) is 0 Å². The van der Waals surface area contributed by atoms with E-state index >= 15 is 0 Å². The van der Waals surface area contributed by atoms with Crippen LogP contribution in [0.1, 0.15) is 17.2 Å². The molecule has 0 fully saturated rings. The highest BCUT2D eigenvalue weighted by Gasteiger charge is 2.29. The zero-order valence-corrected chi connectivity index (χ0v) is 13.6. The summed E-state index contributed by atoms with van der Waals surface area (Å²) >= 11 is 1.67. The van der Waals surface area contributed by atoms with E-state index in [0.29, 0.717) is 13.0 Å². The minimum absolute atomic E-state index is 0.0433. The first kappa shape index (κ1) is 15.1. The molecule has 1 N–H and O–H groups in total. The lowest BCUT2D eigenvalue weighted by Gasteiger charge is -2.24. The van der Waals surface area contributed by atoms with Crippen molar-refractivity contribution in [2.75, 3.05) is 20.6 Å². The molecule has 0 saturated carbocycles. The van der Waals surface area contributed by atoms with Gasteiger partial charge in [-0.15, -0.1) is 0 Å². The second kappa shape index (κ2) is 6.50. The van der Waals surface area contributed by atoms with Crippen molar-refractivity contribution in [3.63, 3.8) is 0 Å². The molecule has 22 heavy (non-hydrogen) atoms. The summed E-state index contributed by atoms with van der Waals surface area (Å²) in [6.45, 7) is 0.582. The highest BCUT2D eigenvalue weighted by atomic mass is 32.1. The third-order valence-electron chi connectivity index (χ3n) is 3.96. The second-order valence-corrected chi connectivity index (χ2v) is 6.48. The van der Waals surface area contributed by atoms with Crippen LogP contribution in [-0.2, 0) is 11.2 Å². The molecule has 116 valence electrons. The molecule has 1 aromatic carbocycles. The highest BCUT2D eigenvalue weighted by Crippen LogP contribution is 2.28. The molecule has 2 heterocycles. The van der Waals surface area contributed by atoms with Crippen LogP contribution < -0.4 is 10.1 Å². The smallest absolute Gasteiger partial charge is 0.261 e. The first-order valence-electron chi connectivity index (χ1n) is 7.36. The maximum absolute atomic E-state index is 12.4. The van der Waals surface area contributed by atoms with Crippen molar-refractivity contribution in [2.45, 2.75) is 18.6 Å². The molecular formula is C17H20N2O2S. The van der Waals surface area contributed by atoms with Crippen molar-refractivity contribution in [3.05, 3.63) is 52.2 Å². The lowest BCUT2D eigenvalue weighted by molar-refractivity contribution is -0.127. The van der Waals surface area contributed by atoms with Crippen LogP contribution in [0.5, 0.6) is 5.75 Å². The van der Waals surface area contributed by atoms with Crippen molar-refractivity contribution in [3.8, 4) is 5.75 Å². The Kier molecular flexibility index (Phi) is 4.45. The summed E-state index contributed by atoms with van der Waals surface area (Å²) in [4.78, 5) is 14.5. The fraction of sp³-hybridized carbons (Fsp3) is 0.353. The number of hydrogen-bond donors (Lipinski definition) is 1. The molecule has 3 rings (SSSR count). The van der Waals surface area contributed by atoms with E-state index in [-0.39, 0.29) is 11.9 Å². The van der Waals surface area contributed by atoms with Gasteiger partial charge in [-0.3, -0.25) is 4.79 Å². The standard InChI is InChI=1S/C17H20N2O2S/c1-19(2)14(13-7-8-22-11-13)10-18-17(20)16-9-12-5-3-4-6-15(12)21-16/h3-8,11,14,16H,9-10H2,1-2H3,(H,18,20)/t14-,16-/m0/s1. The Bertz CT molecular complexity index is 615. The van der Waals surface area contributed by atoms with Gasteiger partial charge in [-0.25, -0.2) is 0 Å². The molecule has 0 saturated heterocycles. The van der Waals surface area contributed by atoms with Gasteiger partial charge in [0, 0.05) is 13.0 Å². The topological polar surface area (TPSA) is 41.6 Å². The van der Waals surface area contributed by atoms with Crippen LogP contribution in [-0.4, -0.2) is 37.6 Å². The second-order valence-electron chi connectivity index (χ2n) is 5.70. The molecule has 1 aliphatic rings. The van der Waals surface area contributed by atoms with Gasteiger partial charge in [0.1, 0.15) is 5.75 Å². The molecule has 0 aliphatic carbocycles. The third kappa shape index (κ3) is 3.15. The van der Waals surface area contributed by atoms with Gasteiger partial charge >= 0.3 is 0 Å². The predicted octanol–water partition coefficient (Wildman–Crippen LogP) is 2.47. The van der Waals surface area contributed by atoms with Crippen LogP contribution in [0, 0.1) is 0 Å². The van der Waals surface area contributed by atoms with Crippen LogP contribution >= 0.6 is 11.3 Å². The number of thiophene rings is 1. The Hall–Kier alpha value is -1.85. The van der Waals surface area contributed by atoms with Crippen molar-refractivity contribution in [1.29, 1.82) is 0 Å². The molecule has 0 bridgehead atoms. The SMILES string of the molecule is CN(C)[C@@H](CNC(=O)[C@@H]1Cc2ccccc2O1)c1ccsc1. The van der Waals surface area contributed by atoms with E-state index in [9.17, 15) is 4.79 Å². The zero-order chi connectivity index (χ0) is 15.5. The van der Waals surface area contributed by atoms with E-state index in [2.05, 4.69) is 27.0 Å². The largest absolute Gasteiger partial charge is 0.480 e. The van der Waals surface area contributed by atoms with Crippen molar-refractivity contribution >= 4 is 17.2 Å². The molecule has 0 spiro atoms. The maximum Gasteiger partial charge on any atom is 0.261 e. The number of amides is 1. The summed E-state index contributed by atoms with van der Waals surface area (Å²) in [6.07, 6.45) is 0.232. The molecule has 2 atom stereocenters. The Morgan fingerprint density at radius 2 is 2.23 bits per heavy atom. The summed E-state index contributed by atoms with van der Waals surface area (Å²) in [5.41, 5.74) is 2.33. The number of ether oxygens (including phenoxy) is 1. The van der Waals surface area contributed by atoms with Gasteiger partial charge in [0.05, 0.1) is 6.04 Å². The van der Waals surface area contributed by atoms with E-state index in [1.807, 2.05) is 38.4 Å². The van der Waals surface area contributed by atoms with Crippen molar-refractivity contribution < 1.29 is 9.53 Å². The highest BCUT2D eigenvalue weighted by molar-refractivity contribution is 7.07. The fourth-order valence-corrected chi connectivity index (χ4v) is 3.41. The van der Waals surface area contributed by atoms with Gasteiger partial charge in [0.2, 0.25) is 0 Å². The molecule has 2 aromatic rings. The molecule has 1 aliphatic heterocycles. The van der Waals surface area contributed by atoms with E-state index in [4.69, 9.17) is 4.74 Å². The number of rotatable bonds is 5. The number of nitrogens with one attached hydrogen (secondary N) is 1. The van der Waals surface area contributed by atoms with Crippen molar-refractivity contribution in [1.82, 2.24) is 10.2 Å². The average Bonchev–Trinajstić information content (AvgIpc) is 3.16. The predicted molar refractivity (Wildman–Crippen MR) is 88.3 cm³/mol. The monoisotopic (exact) mass is 316 g/mol.